The first-order valence-electron chi connectivity index (χ1n) is 44.3. The van der Waals surface area contributed by atoms with Crippen LogP contribution in [0, 0.1) is 35.0 Å². The fourth-order valence-electron chi connectivity index (χ4n) is 16.5. The number of nitrogens with two attached hydrogens (primary N) is 3. The number of oxazole rings is 1. The van der Waals surface area contributed by atoms with Crippen molar-refractivity contribution in [1.29, 1.82) is 0 Å². The zero-order chi connectivity index (χ0) is 90.0. The van der Waals surface area contributed by atoms with Crippen LogP contribution in [-0.4, -0.2) is 284 Å². The van der Waals surface area contributed by atoms with Crippen LogP contribution in [0.2, 0.25) is 0 Å². The normalized spacial score (nSPS) is 26.2. The number of aliphatic hydroxyl groups is 2. The number of hydrogen-bond donors (Lipinski definition) is 6. The zero-order valence-corrected chi connectivity index (χ0v) is 75.0. The Morgan fingerprint density at radius 3 is 2.14 bits per heavy atom. The summed E-state index contributed by atoms with van der Waals surface area (Å²) < 4.78 is 85.1. The Balaban J connectivity index is 0.621. The van der Waals surface area contributed by atoms with Crippen LogP contribution in [0.1, 0.15) is 157 Å². The van der Waals surface area contributed by atoms with E-state index in [1.54, 1.807) is 63.4 Å². The van der Waals surface area contributed by atoms with Gasteiger partial charge < -0.3 is 104 Å². The van der Waals surface area contributed by atoms with Crippen molar-refractivity contribution >= 4 is 69.1 Å². The van der Waals surface area contributed by atoms with Crippen LogP contribution in [0.3, 0.4) is 0 Å². The number of nitrogen functional groups attached to an aromatic ring is 2. The molecular formula is C90H137N13O22. The van der Waals surface area contributed by atoms with E-state index in [0.717, 1.165) is 29.7 Å². The number of nitrogens with one attached hydrogen (secondary N) is 1. The van der Waals surface area contributed by atoms with Crippen molar-refractivity contribution in [3.05, 3.63) is 84.0 Å². The Bertz CT molecular complexity index is 4340. The number of carbonyl (C=O) groups is 6. The number of aliphatic hydroxyl groups excluding tert-OH is 1. The summed E-state index contributed by atoms with van der Waals surface area (Å²) in [6.45, 7) is 22.1. The van der Waals surface area contributed by atoms with Crippen molar-refractivity contribution in [3.63, 3.8) is 0 Å². The number of fused-ring (bicyclic) bond motifs is 5. The van der Waals surface area contributed by atoms with Gasteiger partial charge in [-0.25, -0.2) is 24.1 Å². The number of Topliss-reactive ketones (excluding diaryl/α,β-unsaturated/α-hetero) is 3. The fraction of sp³-hybridized carbons (Fsp3) is 0.689. The Kier molecular flexibility index (Phi) is 41.1. The first kappa shape index (κ1) is 101. The molecule has 0 unspecified atom stereocenters. The lowest BCUT2D eigenvalue weighted by atomic mass is 9.80. The van der Waals surface area contributed by atoms with Crippen LogP contribution in [0.15, 0.2) is 82.7 Å². The minimum Gasteiger partial charge on any atom is -0.459 e. The predicted octanol–water partition coefficient (Wildman–Crippen LogP) is 7.97. The number of aromatic nitrogens is 8. The Labute approximate surface area is 733 Å². The van der Waals surface area contributed by atoms with Crippen LogP contribution in [-0.2, 0) is 110 Å². The van der Waals surface area contributed by atoms with Crippen molar-refractivity contribution in [2.45, 2.75) is 232 Å². The number of anilines is 2. The molecule has 4 aromatic heterocycles. The van der Waals surface area contributed by atoms with Crippen LogP contribution < -0.4 is 22.5 Å². The number of allylic oxidation sites excluding steroid dienone is 6. The van der Waals surface area contributed by atoms with Gasteiger partial charge in [0.15, 0.2) is 17.0 Å². The molecule has 9 rings (SSSR count). The summed E-state index contributed by atoms with van der Waals surface area (Å²) in [5.74, 6) is -8.22. The number of methoxy groups -OCH3 is 3. The quantitative estimate of drug-likeness (QED) is 0.00934. The van der Waals surface area contributed by atoms with E-state index in [2.05, 4.69) is 44.4 Å². The number of rotatable bonds is 41. The third kappa shape index (κ3) is 30.7. The summed E-state index contributed by atoms with van der Waals surface area (Å²) >= 11 is 0. The van der Waals surface area contributed by atoms with E-state index in [-0.39, 0.29) is 92.0 Å². The molecule has 0 spiro atoms. The molecule has 35 nitrogen and oxygen atoms in total. The van der Waals surface area contributed by atoms with Gasteiger partial charge in [-0.2, -0.15) is 10.1 Å². The van der Waals surface area contributed by atoms with Gasteiger partial charge in [0.2, 0.25) is 11.7 Å². The highest BCUT2D eigenvalue weighted by Gasteiger charge is 2.53. The molecule has 4 aliphatic rings. The summed E-state index contributed by atoms with van der Waals surface area (Å²) in [4.78, 5) is 98.7. The predicted molar refractivity (Wildman–Crippen MR) is 465 cm³/mol. The molecule has 1 aliphatic carbocycles. The molecule has 3 aliphatic heterocycles. The van der Waals surface area contributed by atoms with Crippen LogP contribution >= 0.6 is 0 Å². The van der Waals surface area contributed by atoms with Gasteiger partial charge in [-0.3, -0.25) is 24.0 Å². The molecule has 2 bridgehead atoms. The number of carbonyl (C=O) groups excluding carboxylic acids is 6. The van der Waals surface area contributed by atoms with E-state index in [4.69, 9.17) is 88.3 Å². The maximum Gasteiger partial charge on any atom is 0.329 e. The van der Waals surface area contributed by atoms with Gasteiger partial charge >= 0.3 is 5.97 Å². The number of benzene rings is 1. The van der Waals surface area contributed by atoms with Crippen molar-refractivity contribution in [2.75, 3.05) is 145 Å². The molecule has 3 fully saturated rings. The number of hydrogen-bond acceptors (Lipinski definition) is 31. The highest BCUT2D eigenvalue weighted by Crippen LogP contribution is 2.39. The average molecular weight is 1750 g/mol. The summed E-state index contributed by atoms with van der Waals surface area (Å²) in [7, 11) is 4.60. The molecule has 5 aromatic rings. The maximum absolute atomic E-state index is 14.8. The van der Waals surface area contributed by atoms with E-state index < -0.39 is 83.8 Å². The molecule has 2 saturated heterocycles. The highest BCUT2D eigenvalue weighted by atomic mass is 16.6. The van der Waals surface area contributed by atoms with E-state index in [1.165, 1.54) is 18.3 Å². The number of amides is 2. The second kappa shape index (κ2) is 51.1. The monoisotopic (exact) mass is 1750 g/mol. The minimum atomic E-state index is -2.49. The van der Waals surface area contributed by atoms with Gasteiger partial charge in [-0.15, -0.1) is 5.10 Å². The van der Waals surface area contributed by atoms with Gasteiger partial charge in [0.25, 0.3) is 17.7 Å². The SMILES string of the molecule is CO[C@H]1C[C@@H]2CC[C@@H](C)[C@@](O)(O2)C(=O)C(=O)N2CCCC[C@H]2C(=O)O[C@H]([C@H](N)C[C@@H]2CC[C@@H](OCCC(C)(C)Cc3cn(CCOCCOCCOCCOCCOCCOCCOCC(=O)NCCCCn4nc(-c5ccc6oc(N)nc6c5)c5c(N)ncnc54)nn3)[C@H](OC)C2)CC(=O)[C@H](C)/C=C(\C)[C@@H](O)[C@@H](OC)C(=O)[C@H](C)C[C@H](C)/C=C/C=CC=C1C. The van der Waals surface area contributed by atoms with Crippen molar-refractivity contribution in [3.8, 4) is 11.3 Å². The fourth-order valence-corrected chi connectivity index (χ4v) is 16.5. The van der Waals surface area contributed by atoms with Crippen molar-refractivity contribution in [2.24, 2.45) is 40.7 Å². The van der Waals surface area contributed by atoms with Crippen LogP contribution in [0.5, 0.6) is 0 Å². The second-order valence-electron chi connectivity index (χ2n) is 34.2. The van der Waals surface area contributed by atoms with Gasteiger partial charge in [0.1, 0.15) is 60.1 Å². The summed E-state index contributed by atoms with van der Waals surface area (Å²) in [5.41, 5.74) is 24.2. The Morgan fingerprint density at radius 1 is 0.760 bits per heavy atom. The number of esters is 1. The lowest BCUT2D eigenvalue weighted by molar-refractivity contribution is -0.265. The van der Waals surface area contributed by atoms with E-state index in [9.17, 15) is 39.0 Å². The molecule has 2 amide bonds. The molecule has 15 atom stereocenters. The average Bonchev–Trinajstić information content (AvgIpc) is 1.70. The molecule has 9 N–H and O–H groups in total. The number of cyclic esters (lactones) is 1. The second-order valence-corrected chi connectivity index (χ2v) is 34.2. The van der Waals surface area contributed by atoms with Gasteiger partial charge in [-0.1, -0.05) is 83.2 Å². The summed E-state index contributed by atoms with van der Waals surface area (Å²) in [6.07, 6.45) is 16.7. The molecule has 694 valence electrons. The third-order valence-electron chi connectivity index (χ3n) is 23.8. The molecule has 1 aromatic carbocycles. The lowest BCUT2D eigenvalue weighted by Gasteiger charge is -2.42. The largest absolute Gasteiger partial charge is 0.459 e. The smallest absolute Gasteiger partial charge is 0.329 e. The Hall–Kier alpha value is -8.24. The van der Waals surface area contributed by atoms with Crippen LogP contribution in [0.4, 0.5) is 11.8 Å². The minimum absolute atomic E-state index is 0.0174. The van der Waals surface area contributed by atoms with Crippen LogP contribution in [0.25, 0.3) is 33.4 Å². The molecule has 0 radical (unpaired) electrons. The molecule has 7 heterocycles. The molecular weight excluding hydrogens is 1620 g/mol. The maximum atomic E-state index is 14.8. The number of unbranched alkanes of at least 4 members (excludes halogenated alkanes) is 1. The number of nitrogens with zero attached hydrogens (tertiary/aromatic N) is 9. The summed E-state index contributed by atoms with van der Waals surface area (Å²) in [6, 6.07) is 3.45. The number of piperidine rings is 1. The number of ether oxygens (including phenoxy) is 13. The standard InChI is InChI=1S/C90H137N13O22/c1-58-19-13-12-14-20-59(2)74(112-9)52-67-25-22-63(6)90(111,125-67)83(108)86(109)102-30-17-15-21-70(102)87(110)123-75(53-71(104)60(3)48-62(5)81(107)82(114-11)80(106)61(4)47-58)68(91)49-64-23-26-73(76(50-64)113-10)122-33-28-89(7,8)54-66-55-101(100-98-66)32-34-115-35-36-116-37-38-117-39-40-118-41-42-119-43-44-120-45-46-121-56-77(105)94-29-16-18-31-103-85-78(84(92)95-57-96-85)79(99-103)65-24-27-72-69(51-65)97-88(93)124-72/h12-14,19-20,24,27,48,51,55,57-58,60-61,63-64,67-68,70,73-76,81-82,107,111H,15-18,21-23,25-26,28-47,49-50,52-54,56,91H2,1-11H3,(H2,93,97)(H,94,105)(H2,92,95,96)/b14-12?,19-13+,59-20?,62-48+/t58-,60-,61-,63-,64+,67+,68-,70+,73-,74+,75+,76-,81-,82+,90-/m1/s1. The number of ketones is 3. The summed E-state index contributed by atoms with van der Waals surface area (Å²) in [5, 5.41) is 41.0. The number of aryl methyl sites for hydroxylation is 1. The van der Waals surface area contributed by atoms with E-state index >= 15 is 0 Å². The first-order chi connectivity index (χ1) is 60.1. The van der Waals surface area contributed by atoms with Crippen molar-refractivity contribution in [1.82, 2.24) is 49.9 Å². The van der Waals surface area contributed by atoms with Gasteiger partial charge in [-0.05, 0) is 150 Å². The molecule has 125 heavy (non-hydrogen) atoms. The Morgan fingerprint density at radius 2 is 1.46 bits per heavy atom. The lowest BCUT2D eigenvalue weighted by Crippen LogP contribution is -2.61. The van der Waals surface area contributed by atoms with Gasteiger partial charge in [0.05, 0.1) is 128 Å². The van der Waals surface area contributed by atoms with Crippen molar-refractivity contribution < 1.29 is 105 Å². The highest BCUT2D eigenvalue weighted by molar-refractivity contribution is 6.39. The third-order valence-corrected chi connectivity index (χ3v) is 23.8. The topological polar surface area (TPSA) is 457 Å². The van der Waals surface area contributed by atoms with Gasteiger partial charge in [0, 0.05) is 96.0 Å². The molecule has 1 saturated carbocycles. The van der Waals surface area contributed by atoms with E-state index in [1.807, 2.05) is 62.6 Å². The zero-order valence-electron chi connectivity index (χ0n) is 75.0. The van der Waals surface area contributed by atoms with E-state index in [0.29, 0.717) is 215 Å². The first-order valence-corrected chi connectivity index (χ1v) is 44.3. The molecule has 35 heteroatoms.